The highest BCUT2D eigenvalue weighted by molar-refractivity contribution is 14.0. The number of nitrogens with zero attached hydrogens (tertiary/aromatic N) is 2. The second-order valence-electron chi connectivity index (χ2n) is 7.15. The first-order chi connectivity index (χ1) is 11.6. The van der Waals surface area contributed by atoms with Crippen LogP contribution in [0.1, 0.15) is 31.4 Å². The molecule has 3 N–H and O–H groups in total. The number of hydrogen-bond acceptors (Lipinski definition) is 3. The number of aryl methyl sites for hydroxylation is 2. The van der Waals surface area contributed by atoms with Crippen LogP contribution in [0.3, 0.4) is 0 Å². The summed E-state index contributed by atoms with van der Waals surface area (Å²) in [5, 5.41) is 3.25. The summed E-state index contributed by atoms with van der Waals surface area (Å²) in [5.41, 5.74) is 10.1. The van der Waals surface area contributed by atoms with Crippen molar-refractivity contribution in [1.82, 2.24) is 4.90 Å². The molecule has 3 rings (SSSR count). The Morgan fingerprint density at radius 2 is 1.96 bits per heavy atom. The van der Waals surface area contributed by atoms with Gasteiger partial charge in [0.1, 0.15) is 0 Å². The van der Waals surface area contributed by atoms with Gasteiger partial charge in [-0.15, -0.1) is 24.0 Å². The summed E-state index contributed by atoms with van der Waals surface area (Å²) in [6.45, 7) is 8.82. The fourth-order valence-corrected chi connectivity index (χ4v) is 3.69. The first-order valence-corrected chi connectivity index (χ1v) is 9.14. The lowest BCUT2D eigenvalue weighted by atomic mass is 10.0. The van der Waals surface area contributed by atoms with Gasteiger partial charge in [0.25, 0.3) is 0 Å². The highest BCUT2D eigenvalue weighted by Crippen LogP contribution is 2.24. The number of fused-ring (bicyclic) bond motifs is 1. The number of hydrogen-bond donors (Lipinski definition) is 2. The van der Waals surface area contributed by atoms with E-state index in [1.54, 1.807) is 0 Å². The Kier molecular flexibility index (Phi) is 7.96. The first-order valence-electron chi connectivity index (χ1n) is 9.14. The van der Waals surface area contributed by atoms with Crippen molar-refractivity contribution < 1.29 is 4.74 Å². The summed E-state index contributed by atoms with van der Waals surface area (Å²) >= 11 is 0. The first kappa shape index (κ1) is 20.5. The van der Waals surface area contributed by atoms with Gasteiger partial charge in [-0.1, -0.05) is 19.9 Å². The lowest BCUT2D eigenvalue weighted by Crippen LogP contribution is -2.47. The second-order valence-corrected chi connectivity index (χ2v) is 7.15. The molecule has 0 amide bonds. The van der Waals surface area contributed by atoms with Gasteiger partial charge in [0, 0.05) is 24.8 Å². The Morgan fingerprint density at radius 3 is 2.68 bits per heavy atom. The minimum atomic E-state index is 0. The molecule has 1 aromatic rings. The lowest BCUT2D eigenvalue weighted by molar-refractivity contribution is 0.00870. The van der Waals surface area contributed by atoms with Crippen LogP contribution in [0.25, 0.3) is 0 Å². The molecule has 0 spiro atoms. The Balaban J connectivity index is 0.00000225. The van der Waals surface area contributed by atoms with Crippen LogP contribution >= 0.6 is 24.0 Å². The van der Waals surface area contributed by atoms with Crippen molar-refractivity contribution in [3.05, 3.63) is 29.3 Å². The zero-order valence-electron chi connectivity index (χ0n) is 15.3. The standard InChI is InChI=1S/C19H30N4O.HI/c1-14(2)18(23-8-10-24-11-9-23)13-21-19(20)22-17-7-6-15-4-3-5-16(15)12-17;/h6-7,12,14,18H,3-5,8-11,13H2,1-2H3,(H3,20,21,22);1H. The SMILES string of the molecule is CC(C)C(CN=C(N)Nc1ccc2c(c1)CCC2)N1CCOCC1.I. The molecule has 2 aliphatic rings. The minimum Gasteiger partial charge on any atom is -0.379 e. The highest BCUT2D eigenvalue weighted by Gasteiger charge is 2.23. The maximum Gasteiger partial charge on any atom is 0.193 e. The molecule has 1 fully saturated rings. The summed E-state index contributed by atoms with van der Waals surface area (Å²) in [4.78, 5) is 7.08. The number of aliphatic imine (C=N–C) groups is 1. The van der Waals surface area contributed by atoms with Crippen LogP contribution in [0.15, 0.2) is 23.2 Å². The number of anilines is 1. The molecule has 6 heteroatoms. The van der Waals surface area contributed by atoms with Crippen molar-refractivity contribution in [2.24, 2.45) is 16.6 Å². The van der Waals surface area contributed by atoms with Crippen LogP contribution in [-0.4, -0.2) is 49.7 Å². The maximum absolute atomic E-state index is 6.12. The quantitative estimate of drug-likeness (QED) is 0.405. The molecule has 1 heterocycles. The molecule has 140 valence electrons. The third kappa shape index (κ3) is 5.56. The number of guanidine groups is 1. The maximum atomic E-state index is 6.12. The van der Waals surface area contributed by atoms with Crippen molar-refractivity contribution in [3.63, 3.8) is 0 Å². The number of ether oxygens (including phenoxy) is 1. The average Bonchev–Trinajstić information content (AvgIpc) is 3.03. The molecular formula is C19H31IN4O. The zero-order chi connectivity index (χ0) is 16.9. The van der Waals surface area contributed by atoms with Crippen molar-refractivity contribution in [2.45, 2.75) is 39.2 Å². The highest BCUT2D eigenvalue weighted by atomic mass is 127. The molecule has 1 aromatic carbocycles. The molecule has 1 aliphatic carbocycles. The summed E-state index contributed by atoms with van der Waals surface area (Å²) in [7, 11) is 0. The van der Waals surface area contributed by atoms with Gasteiger partial charge in [-0.3, -0.25) is 9.89 Å². The van der Waals surface area contributed by atoms with Crippen molar-refractivity contribution >= 4 is 35.6 Å². The van der Waals surface area contributed by atoms with Crippen molar-refractivity contribution in [1.29, 1.82) is 0 Å². The van der Waals surface area contributed by atoms with E-state index < -0.39 is 0 Å². The van der Waals surface area contributed by atoms with E-state index in [-0.39, 0.29) is 24.0 Å². The third-order valence-electron chi connectivity index (χ3n) is 5.10. The molecule has 0 bridgehead atoms. The van der Waals surface area contributed by atoms with E-state index in [0.717, 1.165) is 38.5 Å². The van der Waals surface area contributed by atoms with Crippen LogP contribution in [0.4, 0.5) is 5.69 Å². The van der Waals surface area contributed by atoms with Gasteiger partial charge in [-0.25, -0.2) is 0 Å². The van der Waals surface area contributed by atoms with E-state index in [1.807, 2.05) is 0 Å². The average molecular weight is 458 g/mol. The second kappa shape index (κ2) is 9.73. The van der Waals surface area contributed by atoms with Gasteiger partial charge < -0.3 is 15.8 Å². The number of halogens is 1. The van der Waals surface area contributed by atoms with Crippen molar-refractivity contribution in [3.8, 4) is 0 Å². The fourth-order valence-electron chi connectivity index (χ4n) is 3.69. The van der Waals surface area contributed by atoms with Crippen LogP contribution in [0.5, 0.6) is 0 Å². The molecule has 0 aromatic heterocycles. The Bertz CT molecular complexity index is 585. The number of nitrogens with two attached hydrogens (primary N) is 1. The summed E-state index contributed by atoms with van der Waals surface area (Å²) in [5.74, 6) is 1.05. The largest absolute Gasteiger partial charge is 0.379 e. The van der Waals surface area contributed by atoms with Gasteiger partial charge in [0.15, 0.2) is 5.96 Å². The predicted octanol–water partition coefficient (Wildman–Crippen LogP) is 2.88. The van der Waals surface area contributed by atoms with Gasteiger partial charge in [-0.05, 0) is 48.4 Å². The number of rotatable bonds is 5. The summed E-state index contributed by atoms with van der Waals surface area (Å²) in [6.07, 6.45) is 3.64. The molecule has 0 radical (unpaired) electrons. The zero-order valence-corrected chi connectivity index (χ0v) is 17.7. The van der Waals surface area contributed by atoms with E-state index in [0.29, 0.717) is 17.9 Å². The van der Waals surface area contributed by atoms with E-state index in [1.165, 1.54) is 30.4 Å². The van der Waals surface area contributed by atoms with E-state index >= 15 is 0 Å². The Labute approximate surface area is 168 Å². The number of morpholine rings is 1. The van der Waals surface area contributed by atoms with Gasteiger partial charge in [0.2, 0.25) is 0 Å². The van der Waals surface area contributed by atoms with E-state index in [9.17, 15) is 0 Å². The summed E-state index contributed by atoms with van der Waals surface area (Å²) < 4.78 is 5.46. The third-order valence-corrected chi connectivity index (χ3v) is 5.10. The summed E-state index contributed by atoms with van der Waals surface area (Å²) in [6, 6.07) is 6.94. The Hall–Kier alpha value is -0.860. The number of benzene rings is 1. The smallest absolute Gasteiger partial charge is 0.193 e. The lowest BCUT2D eigenvalue weighted by Gasteiger charge is -2.36. The van der Waals surface area contributed by atoms with E-state index in [2.05, 4.69) is 47.3 Å². The number of nitrogens with one attached hydrogen (secondary N) is 1. The van der Waals surface area contributed by atoms with Crippen LogP contribution in [-0.2, 0) is 17.6 Å². The molecule has 1 aliphatic heterocycles. The molecular weight excluding hydrogens is 427 g/mol. The van der Waals surface area contributed by atoms with Gasteiger partial charge >= 0.3 is 0 Å². The normalized spacial score (nSPS) is 19.4. The minimum absolute atomic E-state index is 0. The van der Waals surface area contributed by atoms with Gasteiger partial charge in [0.05, 0.1) is 19.8 Å². The monoisotopic (exact) mass is 458 g/mol. The van der Waals surface area contributed by atoms with E-state index in [4.69, 9.17) is 10.5 Å². The van der Waals surface area contributed by atoms with Crippen LogP contribution < -0.4 is 11.1 Å². The molecule has 1 unspecified atom stereocenters. The molecule has 1 atom stereocenters. The molecule has 0 saturated carbocycles. The Morgan fingerprint density at radius 1 is 1.24 bits per heavy atom. The van der Waals surface area contributed by atoms with Crippen LogP contribution in [0, 0.1) is 5.92 Å². The van der Waals surface area contributed by atoms with Crippen molar-refractivity contribution in [2.75, 3.05) is 38.2 Å². The molecule has 25 heavy (non-hydrogen) atoms. The molecule has 5 nitrogen and oxygen atoms in total. The fraction of sp³-hybridized carbons (Fsp3) is 0.632. The van der Waals surface area contributed by atoms with Crippen LogP contribution in [0.2, 0.25) is 0 Å². The topological polar surface area (TPSA) is 62.9 Å². The van der Waals surface area contributed by atoms with Gasteiger partial charge in [-0.2, -0.15) is 0 Å². The predicted molar refractivity (Wildman–Crippen MR) is 115 cm³/mol. The molecule has 1 saturated heterocycles.